The van der Waals surface area contributed by atoms with Crippen LogP contribution in [0.1, 0.15) is 53.9 Å². The van der Waals surface area contributed by atoms with Crippen LogP contribution in [0.15, 0.2) is 0 Å². The second-order valence-electron chi connectivity index (χ2n) is 6.27. The first-order valence-corrected chi connectivity index (χ1v) is 7.71. The standard InChI is InChI=1S/C15H31N3O/c1-11(2)18(12(3)4)10-9-16-15(19)14-8-6-7-13(5)17-14/h11-14,17H,6-10H2,1-5H3,(H,16,19). The van der Waals surface area contributed by atoms with E-state index < -0.39 is 0 Å². The minimum Gasteiger partial charge on any atom is -0.353 e. The van der Waals surface area contributed by atoms with Gasteiger partial charge in [0.1, 0.15) is 0 Å². The third-order valence-corrected chi connectivity index (χ3v) is 3.93. The molecule has 0 saturated carbocycles. The van der Waals surface area contributed by atoms with Gasteiger partial charge in [-0.2, -0.15) is 0 Å². The van der Waals surface area contributed by atoms with Gasteiger partial charge in [-0.15, -0.1) is 0 Å². The molecule has 1 rings (SSSR count). The van der Waals surface area contributed by atoms with Crippen LogP contribution >= 0.6 is 0 Å². The van der Waals surface area contributed by atoms with Crippen LogP contribution in [0, 0.1) is 0 Å². The van der Waals surface area contributed by atoms with Gasteiger partial charge in [-0.05, 0) is 53.9 Å². The summed E-state index contributed by atoms with van der Waals surface area (Å²) in [4.78, 5) is 14.5. The number of hydrogen-bond donors (Lipinski definition) is 2. The van der Waals surface area contributed by atoms with E-state index in [1.54, 1.807) is 0 Å². The van der Waals surface area contributed by atoms with E-state index in [1.807, 2.05) is 0 Å². The zero-order valence-corrected chi connectivity index (χ0v) is 13.2. The number of nitrogens with one attached hydrogen (secondary N) is 2. The van der Waals surface area contributed by atoms with Crippen molar-refractivity contribution in [1.82, 2.24) is 15.5 Å². The van der Waals surface area contributed by atoms with Crippen molar-refractivity contribution < 1.29 is 4.79 Å². The maximum atomic E-state index is 12.1. The summed E-state index contributed by atoms with van der Waals surface area (Å²) in [5.41, 5.74) is 0. The van der Waals surface area contributed by atoms with Crippen LogP contribution in [0.5, 0.6) is 0 Å². The van der Waals surface area contributed by atoms with Gasteiger partial charge < -0.3 is 10.6 Å². The van der Waals surface area contributed by atoms with Gasteiger partial charge in [0.2, 0.25) is 5.91 Å². The SMILES string of the molecule is CC1CCCC(C(=O)NCCN(C(C)C)C(C)C)N1. The van der Waals surface area contributed by atoms with Crippen LogP contribution in [0.25, 0.3) is 0 Å². The second-order valence-corrected chi connectivity index (χ2v) is 6.27. The Kier molecular flexibility index (Phi) is 6.80. The van der Waals surface area contributed by atoms with Crippen molar-refractivity contribution in [2.45, 2.75) is 78.0 Å². The number of piperidine rings is 1. The molecule has 0 aromatic carbocycles. The molecule has 1 heterocycles. The maximum Gasteiger partial charge on any atom is 0.237 e. The van der Waals surface area contributed by atoms with Crippen molar-refractivity contribution in [3.63, 3.8) is 0 Å². The molecule has 0 bridgehead atoms. The lowest BCUT2D eigenvalue weighted by molar-refractivity contribution is -0.124. The Labute approximate surface area is 118 Å². The lowest BCUT2D eigenvalue weighted by Crippen LogP contribution is -2.51. The summed E-state index contributed by atoms with van der Waals surface area (Å²) in [6.07, 6.45) is 3.29. The molecule has 0 aromatic rings. The van der Waals surface area contributed by atoms with E-state index >= 15 is 0 Å². The molecule has 4 heteroatoms. The Hall–Kier alpha value is -0.610. The molecule has 0 radical (unpaired) electrons. The van der Waals surface area contributed by atoms with E-state index in [4.69, 9.17) is 0 Å². The summed E-state index contributed by atoms with van der Waals surface area (Å²) in [5, 5.41) is 6.44. The first-order chi connectivity index (χ1) is 8.91. The summed E-state index contributed by atoms with van der Waals surface area (Å²) in [7, 11) is 0. The Bertz CT molecular complexity index is 271. The molecule has 1 aliphatic rings. The molecule has 2 unspecified atom stereocenters. The van der Waals surface area contributed by atoms with Gasteiger partial charge in [0.25, 0.3) is 0 Å². The predicted octanol–water partition coefficient (Wildman–Crippen LogP) is 1.75. The number of nitrogens with zero attached hydrogens (tertiary/aromatic N) is 1. The Morgan fingerprint density at radius 2 is 1.89 bits per heavy atom. The van der Waals surface area contributed by atoms with Gasteiger partial charge in [0, 0.05) is 31.2 Å². The normalized spacial score (nSPS) is 24.2. The molecule has 0 spiro atoms. The molecule has 1 aliphatic heterocycles. The van der Waals surface area contributed by atoms with Crippen LogP contribution in [0.2, 0.25) is 0 Å². The van der Waals surface area contributed by atoms with Crippen LogP contribution in [-0.2, 0) is 4.79 Å². The number of carbonyl (C=O) groups excluding carboxylic acids is 1. The fourth-order valence-electron chi connectivity index (χ4n) is 2.89. The number of rotatable bonds is 6. The van der Waals surface area contributed by atoms with Crippen LogP contribution in [0.3, 0.4) is 0 Å². The minimum atomic E-state index is 0.00954. The van der Waals surface area contributed by atoms with E-state index in [9.17, 15) is 4.79 Å². The Morgan fingerprint density at radius 3 is 2.42 bits per heavy atom. The highest BCUT2D eigenvalue weighted by Crippen LogP contribution is 2.12. The van der Waals surface area contributed by atoms with Crippen molar-refractivity contribution in [2.75, 3.05) is 13.1 Å². The van der Waals surface area contributed by atoms with Crippen LogP contribution in [-0.4, -0.2) is 48.1 Å². The molecular weight excluding hydrogens is 238 g/mol. The molecule has 0 aromatic heterocycles. The van der Waals surface area contributed by atoms with Crippen molar-refractivity contribution in [2.24, 2.45) is 0 Å². The molecule has 19 heavy (non-hydrogen) atoms. The zero-order valence-electron chi connectivity index (χ0n) is 13.2. The molecule has 1 saturated heterocycles. The van der Waals surface area contributed by atoms with Gasteiger partial charge >= 0.3 is 0 Å². The average molecular weight is 269 g/mol. The largest absolute Gasteiger partial charge is 0.353 e. The fourth-order valence-corrected chi connectivity index (χ4v) is 2.89. The van der Waals surface area contributed by atoms with E-state index in [1.165, 1.54) is 6.42 Å². The highest BCUT2D eigenvalue weighted by molar-refractivity contribution is 5.81. The second kappa shape index (κ2) is 7.85. The number of hydrogen-bond acceptors (Lipinski definition) is 3. The van der Waals surface area contributed by atoms with Gasteiger partial charge in [0.15, 0.2) is 0 Å². The molecular formula is C15H31N3O. The highest BCUT2D eigenvalue weighted by Gasteiger charge is 2.24. The number of carbonyl (C=O) groups is 1. The summed E-state index contributed by atoms with van der Waals surface area (Å²) in [5.74, 6) is 0.166. The first-order valence-electron chi connectivity index (χ1n) is 7.71. The monoisotopic (exact) mass is 269 g/mol. The van der Waals surface area contributed by atoms with Gasteiger partial charge in [-0.1, -0.05) is 0 Å². The lowest BCUT2D eigenvalue weighted by atomic mass is 9.99. The van der Waals surface area contributed by atoms with Gasteiger partial charge in [-0.3, -0.25) is 9.69 Å². The number of amides is 1. The van der Waals surface area contributed by atoms with Crippen molar-refractivity contribution >= 4 is 5.91 Å². The summed E-state index contributed by atoms with van der Waals surface area (Å²) in [6, 6.07) is 1.51. The Morgan fingerprint density at radius 1 is 1.26 bits per heavy atom. The van der Waals surface area contributed by atoms with E-state index in [-0.39, 0.29) is 11.9 Å². The van der Waals surface area contributed by atoms with Gasteiger partial charge in [-0.25, -0.2) is 0 Å². The van der Waals surface area contributed by atoms with Gasteiger partial charge in [0.05, 0.1) is 6.04 Å². The first kappa shape index (κ1) is 16.4. The molecule has 4 nitrogen and oxygen atoms in total. The van der Waals surface area contributed by atoms with Crippen LogP contribution < -0.4 is 10.6 Å². The predicted molar refractivity (Wildman–Crippen MR) is 80.2 cm³/mol. The topological polar surface area (TPSA) is 44.4 Å². The molecule has 2 atom stereocenters. The minimum absolute atomic E-state index is 0.00954. The smallest absolute Gasteiger partial charge is 0.237 e. The average Bonchev–Trinajstić information content (AvgIpc) is 2.33. The third kappa shape index (κ3) is 5.49. The van der Waals surface area contributed by atoms with Crippen molar-refractivity contribution in [3.8, 4) is 0 Å². The van der Waals surface area contributed by atoms with E-state index in [2.05, 4.69) is 50.2 Å². The van der Waals surface area contributed by atoms with Crippen LogP contribution in [0.4, 0.5) is 0 Å². The van der Waals surface area contributed by atoms with E-state index in [0.717, 1.165) is 25.9 Å². The molecule has 1 amide bonds. The summed E-state index contributed by atoms with van der Waals surface area (Å²) >= 11 is 0. The highest BCUT2D eigenvalue weighted by atomic mass is 16.2. The van der Waals surface area contributed by atoms with E-state index in [0.29, 0.717) is 18.1 Å². The van der Waals surface area contributed by atoms with Crippen molar-refractivity contribution in [1.29, 1.82) is 0 Å². The van der Waals surface area contributed by atoms with Crippen molar-refractivity contribution in [3.05, 3.63) is 0 Å². The summed E-state index contributed by atoms with van der Waals surface area (Å²) < 4.78 is 0. The Balaban J connectivity index is 2.29. The molecule has 0 aliphatic carbocycles. The fraction of sp³-hybridized carbons (Fsp3) is 0.933. The molecule has 1 fully saturated rings. The molecule has 2 N–H and O–H groups in total. The quantitative estimate of drug-likeness (QED) is 0.772. The molecule has 112 valence electrons. The zero-order chi connectivity index (χ0) is 14.4. The third-order valence-electron chi connectivity index (χ3n) is 3.93. The summed E-state index contributed by atoms with van der Waals surface area (Å²) in [6.45, 7) is 12.6. The lowest BCUT2D eigenvalue weighted by Gasteiger charge is -2.31. The maximum absolute atomic E-state index is 12.1.